The number of amides is 1. The number of benzene rings is 2. The Kier molecular flexibility index (Phi) is 6.58. The molecule has 0 aliphatic carbocycles. The molecule has 1 atom stereocenters. The highest BCUT2D eigenvalue weighted by Crippen LogP contribution is 2.22. The van der Waals surface area contributed by atoms with Gasteiger partial charge in [-0.1, -0.05) is 55.0 Å². The summed E-state index contributed by atoms with van der Waals surface area (Å²) in [6.07, 6.45) is 1.93. The van der Waals surface area contributed by atoms with Gasteiger partial charge < -0.3 is 4.90 Å². The molecular weight excluding hydrogens is 322 g/mol. The highest BCUT2D eigenvalue weighted by atomic mass is 16.2. The number of hydrogen-bond donors (Lipinski definition) is 2. The minimum absolute atomic E-state index is 0.285. The van der Waals surface area contributed by atoms with Crippen molar-refractivity contribution in [2.75, 3.05) is 13.6 Å². The van der Waals surface area contributed by atoms with Crippen molar-refractivity contribution >= 4 is 12.0 Å². The average molecular weight is 351 g/mol. The van der Waals surface area contributed by atoms with Gasteiger partial charge in [0, 0.05) is 13.6 Å². The molecule has 0 bridgehead atoms. The summed E-state index contributed by atoms with van der Waals surface area (Å²) in [6, 6.07) is 14.6. The van der Waals surface area contributed by atoms with Crippen LogP contribution in [0, 0.1) is 20.8 Å². The zero-order valence-corrected chi connectivity index (χ0v) is 16.3. The Hall–Kier alpha value is -2.59. The van der Waals surface area contributed by atoms with E-state index in [1.165, 1.54) is 11.1 Å². The zero-order chi connectivity index (χ0) is 19.3. The molecule has 4 heteroatoms. The van der Waals surface area contributed by atoms with Crippen LogP contribution in [0.25, 0.3) is 6.08 Å². The highest BCUT2D eigenvalue weighted by molar-refractivity contribution is 5.97. The van der Waals surface area contributed by atoms with Crippen LogP contribution in [0.3, 0.4) is 0 Å². The summed E-state index contributed by atoms with van der Waals surface area (Å²) >= 11 is 0. The van der Waals surface area contributed by atoms with Crippen LogP contribution in [0.5, 0.6) is 0 Å². The minimum atomic E-state index is -0.285. The predicted octanol–water partition coefficient (Wildman–Crippen LogP) is 3.68. The molecule has 0 heterocycles. The van der Waals surface area contributed by atoms with Crippen molar-refractivity contribution in [3.63, 3.8) is 0 Å². The van der Waals surface area contributed by atoms with Crippen LogP contribution in [-0.2, 0) is 4.79 Å². The average Bonchev–Trinajstić information content (AvgIpc) is 2.61. The van der Waals surface area contributed by atoms with Crippen LogP contribution in [0.4, 0.5) is 0 Å². The fourth-order valence-corrected chi connectivity index (χ4v) is 3.37. The van der Waals surface area contributed by atoms with E-state index in [-0.39, 0.29) is 11.8 Å². The lowest BCUT2D eigenvalue weighted by Gasteiger charge is -2.26. The Morgan fingerprint density at radius 3 is 2.27 bits per heavy atom. The van der Waals surface area contributed by atoms with Gasteiger partial charge in [-0.25, -0.2) is 5.84 Å². The number of rotatable bonds is 6. The van der Waals surface area contributed by atoms with Gasteiger partial charge in [-0.3, -0.25) is 10.2 Å². The molecule has 0 saturated heterocycles. The number of aryl methyl sites for hydroxylation is 3. The maximum atomic E-state index is 12.4. The normalized spacial score (nSPS) is 12.6. The van der Waals surface area contributed by atoms with E-state index in [9.17, 15) is 4.79 Å². The third kappa shape index (κ3) is 4.73. The molecule has 138 valence electrons. The molecule has 26 heavy (non-hydrogen) atoms. The third-order valence-corrected chi connectivity index (χ3v) is 4.71. The van der Waals surface area contributed by atoms with E-state index in [4.69, 9.17) is 5.84 Å². The van der Waals surface area contributed by atoms with Gasteiger partial charge >= 0.3 is 0 Å². The lowest BCUT2D eigenvalue weighted by molar-refractivity contribution is -0.118. The molecule has 1 unspecified atom stereocenters. The number of likely N-dealkylation sites (N-methyl/N-ethyl adjacent to an activating group) is 1. The van der Waals surface area contributed by atoms with E-state index in [0.717, 1.165) is 16.7 Å². The van der Waals surface area contributed by atoms with Crippen LogP contribution in [0.15, 0.2) is 48.2 Å². The van der Waals surface area contributed by atoms with E-state index >= 15 is 0 Å². The summed E-state index contributed by atoms with van der Waals surface area (Å²) in [5, 5.41) is 0. The Morgan fingerprint density at radius 1 is 1.15 bits per heavy atom. The van der Waals surface area contributed by atoms with Crippen molar-refractivity contribution in [3.05, 3.63) is 76.0 Å². The van der Waals surface area contributed by atoms with E-state index in [2.05, 4.69) is 57.4 Å². The fourth-order valence-electron chi connectivity index (χ4n) is 3.37. The number of nitrogens with zero attached hydrogens (tertiary/aromatic N) is 1. The van der Waals surface area contributed by atoms with Gasteiger partial charge in [-0.05, 0) is 55.0 Å². The number of nitrogens with two attached hydrogens (primary N) is 1. The molecule has 4 nitrogen and oxygen atoms in total. The molecule has 0 aliphatic heterocycles. The zero-order valence-electron chi connectivity index (χ0n) is 16.3. The Morgan fingerprint density at radius 2 is 1.73 bits per heavy atom. The maximum absolute atomic E-state index is 12.4. The molecular formula is C22H29N3O. The standard InChI is InChI=1S/C22H29N3O/c1-15-11-16(2)20(17(3)12-15)13-21(22(26)24-23)25(5)14-18(4)19-9-7-6-8-10-19/h6-13,18H,14,23H2,1-5H3,(H,24,26)/b21-13+. The fraction of sp³-hybridized carbons (Fsp3) is 0.318. The lowest BCUT2D eigenvalue weighted by atomic mass is 9.98. The number of carbonyl (C=O) groups is 1. The van der Waals surface area contributed by atoms with Gasteiger partial charge in [0.1, 0.15) is 5.70 Å². The second kappa shape index (κ2) is 8.68. The molecule has 3 N–H and O–H groups in total. The van der Waals surface area contributed by atoms with Crippen molar-refractivity contribution in [1.29, 1.82) is 0 Å². The lowest BCUT2D eigenvalue weighted by Crippen LogP contribution is -2.38. The largest absolute Gasteiger partial charge is 0.369 e. The monoisotopic (exact) mass is 351 g/mol. The first-order valence-corrected chi connectivity index (χ1v) is 8.90. The van der Waals surface area contributed by atoms with Crippen LogP contribution in [0.1, 0.15) is 40.7 Å². The van der Waals surface area contributed by atoms with Crippen LogP contribution < -0.4 is 11.3 Å². The second-order valence-corrected chi connectivity index (χ2v) is 7.01. The van der Waals surface area contributed by atoms with Crippen molar-refractivity contribution in [3.8, 4) is 0 Å². The number of nitrogens with one attached hydrogen (secondary N) is 1. The molecule has 0 aromatic heterocycles. The quantitative estimate of drug-likeness (QED) is 0.361. The Labute approximate surface area is 156 Å². The molecule has 0 saturated carbocycles. The van der Waals surface area contributed by atoms with Gasteiger partial charge in [-0.15, -0.1) is 0 Å². The third-order valence-electron chi connectivity index (χ3n) is 4.71. The van der Waals surface area contributed by atoms with Gasteiger partial charge in [0.2, 0.25) is 0 Å². The van der Waals surface area contributed by atoms with Crippen molar-refractivity contribution in [2.24, 2.45) is 5.84 Å². The summed E-state index contributed by atoms with van der Waals surface area (Å²) < 4.78 is 0. The first kappa shape index (κ1) is 19.7. The van der Waals surface area contributed by atoms with E-state index in [0.29, 0.717) is 12.2 Å². The molecule has 2 aromatic carbocycles. The first-order valence-electron chi connectivity index (χ1n) is 8.90. The maximum Gasteiger partial charge on any atom is 0.281 e. The Balaban J connectivity index is 2.34. The predicted molar refractivity (Wildman–Crippen MR) is 108 cm³/mol. The van der Waals surface area contributed by atoms with Crippen LogP contribution in [-0.4, -0.2) is 24.4 Å². The molecule has 0 spiro atoms. The first-order chi connectivity index (χ1) is 12.3. The van der Waals surface area contributed by atoms with E-state index in [1.54, 1.807) is 0 Å². The van der Waals surface area contributed by atoms with Gasteiger partial charge in [-0.2, -0.15) is 0 Å². The summed E-state index contributed by atoms with van der Waals surface area (Å²) in [7, 11) is 1.93. The summed E-state index contributed by atoms with van der Waals surface area (Å²) in [5.74, 6) is 5.44. The number of hydrogen-bond acceptors (Lipinski definition) is 3. The van der Waals surface area contributed by atoms with E-state index in [1.807, 2.05) is 36.2 Å². The Bertz CT molecular complexity index is 773. The second-order valence-electron chi connectivity index (χ2n) is 7.01. The summed E-state index contributed by atoms with van der Waals surface area (Å²) in [6.45, 7) is 9.08. The van der Waals surface area contributed by atoms with Crippen LogP contribution >= 0.6 is 0 Å². The topological polar surface area (TPSA) is 58.4 Å². The molecule has 2 rings (SSSR count). The van der Waals surface area contributed by atoms with Gasteiger partial charge in [0.05, 0.1) is 0 Å². The minimum Gasteiger partial charge on any atom is -0.369 e. The molecule has 1 amide bonds. The van der Waals surface area contributed by atoms with Crippen molar-refractivity contribution < 1.29 is 4.79 Å². The summed E-state index contributed by atoms with van der Waals surface area (Å²) in [4.78, 5) is 14.4. The highest BCUT2D eigenvalue weighted by Gasteiger charge is 2.17. The number of carbonyl (C=O) groups excluding carboxylic acids is 1. The SMILES string of the molecule is Cc1cc(C)c(/C=C(\C(=O)NN)N(C)CC(C)c2ccccc2)c(C)c1. The van der Waals surface area contributed by atoms with Gasteiger partial charge in [0.15, 0.2) is 0 Å². The smallest absolute Gasteiger partial charge is 0.281 e. The number of hydrazine groups is 1. The van der Waals surface area contributed by atoms with Crippen LogP contribution in [0.2, 0.25) is 0 Å². The summed E-state index contributed by atoms with van der Waals surface area (Å²) in [5.41, 5.74) is 8.66. The van der Waals surface area contributed by atoms with Crippen molar-refractivity contribution in [1.82, 2.24) is 10.3 Å². The molecule has 0 fully saturated rings. The van der Waals surface area contributed by atoms with Crippen molar-refractivity contribution in [2.45, 2.75) is 33.6 Å². The molecule has 2 aromatic rings. The van der Waals surface area contributed by atoms with Gasteiger partial charge in [0.25, 0.3) is 5.91 Å². The molecule has 0 aliphatic rings. The van der Waals surface area contributed by atoms with E-state index < -0.39 is 0 Å². The molecule has 0 radical (unpaired) electrons.